The van der Waals surface area contributed by atoms with Crippen molar-refractivity contribution in [3.05, 3.63) is 15.3 Å². The second kappa shape index (κ2) is 2.31. The van der Waals surface area contributed by atoms with Crippen LogP contribution in [0.3, 0.4) is 0 Å². The largest absolute Gasteiger partial charge is 0.357 e. The average Bonchev–Trinajstić information content (AvgIpc) is 2.30. The fraction of sp³-hybridized carbons (Fsp3) is 0.600. The van der Waals surface area contributed by atoms with Crippen LogP contribution in [0.2, 0.25) is 0 Å². The monoisotopic (exact) mass is 173 g/mol. The maximum Gasteiger partial charge on any atom is 0.344 e. The molecule has 1 aliphatic heterocycles. The molecule has 11 heavy (non-hydrogen) atoms. The number of nitrogens with zero attached hydrogens (tertiary/aromatic N) is 2. The van der Waals surface area contributed by atoms with Crippen molar-refractivity contribution in [2.24, 2.45) is 0 Å². The highest BCUT2D eigenvalue weighted by Crippen LogP contribution is 1.96. The molecule has 2 heterocycles. The Morgan fingerprint density at radius 3 is 3.09 bits per heavy atom. The van der Waals surface area contributed by atoms with Crippen LogP contribution >= 0.6 is 12.2 Å². The summed E-state index contributed by atoms with van der Waals surface area (Å²) in [4.78, 5) is 13.5. The number of H-pyrrole nitrogens is 1. The van der Waals surface area contributed by atoms with Gasteiger partial charge in [-0.1, -0.05) is 0 Å². The number of hydrogen-bond acceptors (Lipinski definition) is 3. The highest BCUT2D eigenvalue weighted by molar-refractivity contribution is 7.71. The molecule has 0 saturated carbocycles. The predicted molar refractivity (Wildman–Crippen MR) is 39.8 cm³/mol. The number of fused-ring (bicyclic) bond motifs is 1. The Bertz CT molecular complexity index is 339. The summed E-state index contributed by atoms with van der Waals surface area (Å²) in [7, 11) is 0. The molecule has 0 radical (unpaired) electrons. The van der Waals surface area contributed by atoms with E-state index in [0.717, 1.165) is 0 Å². The zero-order chi connectivity index (χ0) is 7.84. The lowest BCUT2D eigenvalue weighted by Crippen LogP contribution is -2.30. The van der Waals surface area contributed by atoms with Gasteiger partial charge in [0.05, 0.1) is 13.2 Å². The second-order valence-corrected chi connectivity index (χ2v) is 2.68. The van der Waals surface area contributed by atoms with Gasteiger partial charge in [0.2, 0.25) is 0 Å². The molecule has 0 amide bonds. The van der Waals surface area contributed by atoms with Crippen LogP contribution in [0.15, 0.2) is 4.79 Å². The van der Waals surface area contributed by atoms with Crippen molar-refractivity contribution in [3.8, 4) is 0 Å². The molecule has 0 atom stereocenters. The van der Waals surface area contributed by atoms with E-state index < -0.39 is 0 Å². The lowest BCUT2D eigenvalue weighted by molar-refractivity contribution is 0.0127. The van der Waals surface area contributed by atoms with E-state index in [9.17, 15) is 4.79 Å². The first-order valence-electron chi connectivity index (χ1n) is 3.27. The lowest BCUT2D eigenvalue weighted by atomic mass is 10.7. The zero-order valence-corrected chi connectivity index (χ0v) is 6.56. The van der Waals surface area contributed by atoms with Crippen molar-refractivity contribution < 1.29 is 4.74 Å². The number of aromatic amines is 1. The smallest absolute Gasteiger partial charge is 0.344 e. The van der Waals surface area contributed by atoms with Crippen molar-refractivity contribution in [3.63, 3.8) is 0 Å². The Hall–Kier alpha value is -0.880. The Balaban J connectivity index is 2.70. The van der Waals surface area contributed by atoms with E-state index in [1.54, 1.807) is 4.68 Å². The van der Waals surface area contributed by atoms with Gasteiger partial charge in [0.1, 0.15) is 6.73 Å². The van der Waals surface area contributed by atoms with E-state index in [1.165, 1.54) is 4.68 Å². The molecule has 0 unspecified atom stereocenters. The Morgan fingerprint density at radius 1 is 1.55 bits per heavy atom. The molecule has 6 heteroatoms. The number of hydrogen-bond donors (Lipinski definition) is 1. The first kappa shape index (κ1) is 6.81. The fourth-order valence-electron chi connectivity index (χ4n) is 1.09. The number of nitrogens with one attached hydrogen (secondary N) is 1. The molecule has 0 spiro atoms. The summed E-state index contributed by atoms with van der Waals surface area (Å²) in [5.74, 6) is 0. The summed E-state index contributed by atoms with van der Waals surface area (Å²) < 4.78 is 8.70. The van der Waals surface area contributed by atoms with Crippen molar-refractivity contribution >= 4 is 12.2 Å². The molecule has 0 fully saturated rings. The molecule has 0 saturated heterocycles. The minimum atomic E-state index is -0.199. The molecular formula is C5H7N3O2S. The quantitative estimate of drug-likeness (QED) is 0.548. The highest BCUT2D eigenvalue weighted by atomic mass is 32.1. The molecule has 5 nitrogen and oxygen atoms in total. The van der Waals surface area contributed by atoms with Gasteiger partial charge in [0.15, 0.2) is 4.77 Å². The second-order valence-electron chi connectivity index (χ2n) is 2.30. The summed E-state index contributed by atoms with van der Waals surface area (Å²) >= 11 is 4.89. The standard InChI is InChI=1S/C5H7N3O2S/c9-4-6-5(11)7-1-2-10-3-8(4)7/h1-3H2,(H,6,9,11). The van der Waals surface area contributed by atoms with Crippen molar-refractivity contribution in [1.29, 1.82) is 0 Å². The Kier molecular flexibility index (Phi) is 1.43. The third kappa shape index (κ3) is 0.945. The van der Waals surface area contributed by atoms with Crippen LogP contribution in [0.1, 0.15) is 0 Å². The fourth-order valence-corrected chi connectivity index (χ4v) is 1.37. The first-order chi connectivity index (χ1) is 5.29. The van der Waals surface area contributed by atoms with Gasteiger partial charge in [-0.15, -0.1) is 0 Å². The molecule has 0 bridgehead atoms. The minimum absolute atomic E-state index is 0.199. The van der Waals surface area contributed by atoms with E-state index in [4.69, 9.17) is 17.0 Å². The van der Waals surface area contributed by atoms with Crippen LogP contribution in [0.5, 0.6) is 0 Å². The van der Waals surface area contributed by atoms with Gasteiger partial charge < -0.3 is 4.74 Å². The molecule has 1 aliphatic rings. The molecule has 0 aromatic carbocycles. The van der Waals surface area contributed by atoms with Gasteiger partial charge in [-0.25, -0.2) is 9.48 Å². The Labute approximate surface area is 67.2 Å². The average molecular weight is 173 g/mol. The van der Waals surface area contributed by atoms with Gasteiger partial charge in [0, 0.05) is 0 Å². The van der Waals surface area contributed by atoms with Crippen LogP contribution in [-0.4, -0.2) is 21.0 Å². The maximum atomic E-state index is 11.0. The molecule has 1 aromatic rings. The van der Waals surface area contributed by atoms with Crippen molar-refractivity contribution in [2.75, 3.05) is 6.61 Å². The molecular weight excluding hydrogens is 166 g/mol. The molecule has 0 aliphatic carbocycles. The van der Waals surface area contributed by atoms with E-state index in [2.05, 4.69) is 4.98 Å². The van der Waals surface area contributed by atoms with Crippen molar-refractivity contribution in [1.82, 2.24) is 14.3 Å². The van der Waals surface area contributed by atoms with E-state index in [0.29, 0.717) is 24.7 Å². The number of aromatic nitrogens is 3. The number of rotatable bonds is 0. The number of ether oxygens (including phenoxy) is 1. The van der Waals surface area contributed by atoms with Gasteiger partial charge in [-0.05, 0) is 12.2 Å². The summed E-state index contributed by atoms with van der Waals surface area (Å²) in [5, 5.41) is 0. The summed E-state index contributed by atoms with van der Waals surface area (Å²) in [6, 6.07) is 0. The highest BCUT2D eigenvalue weighted by Gasteiger charge is 2.10. The van der Waals surface area contributed by atoms with Crippen LogP contribution in [0, 0.1) is 4.77 Å². The third-order valence-electron chi connectivity index (χ3n) is 1.64. The van der Waals surface area contributed by atoms with Gasteiger partial charge in [-0.2, -0.15) is 0 Å². The molecule has 60 valence electrons. The molecule has 1 aromatic heterocycles. The third-order valence-corrected chi connectivity index (χ3v) is 1.95. The Morgan fingerprint density at radius 2 is 2.36 bits per heavy atom. The van der Waals surface area contributed by atoms with E-state index >= 15 is 0 Å². The van der Waals surface area contributed by atoms with Crippen LogP contribution < -0.4 is 5.69 Å². The summed E-state index contributed by atoms with van der Waals surface area (Å²) in [6.45, 7) is 1.56. The van der Waals surface area contributed by atoms with Crippen LogP contribution in [-0.2, 0) is 18.0 Å². The van der Waals surface area contributed by atoms with Gasteiger partial charge in [-0.3, -0.25) is 9.67 Å². The SMILES string of the molecule is O=c1[nH]c(=S)n2n1COCC2. The lowest BCUT2D eigenvalue weighted by Gasteiger charge is -2.15. The van der Waals surface area contributed by atoms with Crippen LogP contribution in [0.25, 0.3) is 0 Å². The predicted octanol–water partition coefficient (Wildman–Crippen LogP) is -0.305. The topological polar surface area (TPSA) is 52.0 Å². The summed E-state index contributed by atoms with van der Waals surface area (Å²) in [5.41, 5.74) is -0.199. The maximum absolute atomic E-state index is 11.0. The van der Waals surface area contributed by atoms with Crippen LogP contribution in [0.4, 0.5) is 0 Å². The molecule has 1 N–H and O–H groups in total. The van der Waals surface area contributed by atoms with Gasteiger partial charge >= 0.3 is 5.69 Å². The normalized spacial score (nSPS) is 16.4. The van der Waals surface area contributed by atoms with E-state index in [1.807, 2.05) is 0 Å². The first-order valence-corrected chi connectivity index (χ1v) is 3.67. The van der Waals surface area contributed by atoms with Gasteiger partial charge in [0.25, 0.3) is 0 Å². The molecule has 2 rings (SSSR count). The summed E-state index contributed by atoms with van der Waals surface area (Å²) in [6.07, 6.45) is 0. The van der Waals surface area contributed by atoms with E-state index in [-0.39, 0.29) is 5.69 Å². The zero-order valence-electron chi connectivity index (χ0n) is 5.74. The minimum Gasteiger partial charge on any atom is -0.357 e. The van der Waals surface area contributed by atoms with Crippen molar-refractivity contribution in [2.45, 2.75) is 13.3 Å².